The third kappa shape index (κ3) is 5.49. The number of rotatable bonds is 6. The predicted octanol–water partition coefficient (Wildman–Crippen LogP) is 5.59. The van der Waals surface area contributed by atoms with Crippen LogP contribution < -0.4 is 5.73 Å². The fourth-order valence-corrected chi connectivity index (χ4v) is 4.76. The first-order valence-electron chi connectivity index (χ1n) is 12.6. The van der Waals surface area contributed by atoms with E-state index in [4.69, 9.17) is 10.3 Å². The molecule has 6 nitrogen and oxygen atoms in total. The van der Waals surface area contributed by atoms with Crippen LogP contribution in [0.3, 0.4) is 0 Å². The molecule has 1 saturated heterocycles. The number of carbonyl (C=O) groups excluding carboxylic acids is 1. The van der Waals surface area contributed by atoms with Gasteiger partial charge in [0.1, 0.15) is 5.69 Å². The van der Waals surface area contributed by atoms with Crippen LogP contribution in [0.4, 0.5) is 5.69 Å². The summed E-state index contributed by atoms with van der Waals surface area (Å²) in [7, 11) is 0. The fraction of sp³-hybridized carbons (Fsp3) is 0.226. The molecule has 1 aliphatic heterocycles. The Morgan fingerprint density at radius 1 is 0.838 bits per heavy atom. The zero-order valence-corrected chi connectivity index (χ0v) is 21.3. The number of hydrogen-bond acceptors (Lipinski definition) is 5. The second-order valence-electron chi connectivity index (χ2n) is 9.61. The average molecular weight is 493 g/mol. The molecule has 0 radical (unpaired) electrons. The Hall–Kier alpha value is -4.16. The number of anilines is 1. The molecule has 0 aliphatic carbocycles. The lowest BCUT2D eigenvalue weighted by Crippen LogP contribution is -2.50. The Balaban J connectivity index is 1.30. The van der Waals surface area contributed by atoms with Gasteiger partial charge in [0.05, 0.1) is 6.04 Å². The lowest BCUT2D eigenvalue weighted by atomic mass is 9.95. The Morgan fingerprint density at radius 3 is 1.97 bits per heavy atom. The number of nitrogens with zero attached hydrogens (tertiary/aromatic N) is 3. The van der Waals surface area contributed by atoms with E-state index in [-0.39, 0.29) is 23.3 Å². The van der Waals surface area contributed by atoms with Crippen molar-refractivity contribution < 1.29 is 9.32 Å². The largest absolute Gasteiger partial charge is 0.394 e. The third-order valence-corrected chi connectivity index (χ3v) is 6.94. The zero-order chi connectivity index (χ0) is 25.8. The van der Waals surface area contributed by atoms with Crippen molar-refractivity contribution in [3.05, 3.63) is 118 Å². The van der Waals surface area contributed by atoms with Gasteiger partial charge in [0.2, 0.25) is 0 Å². The first-order chi connectivity index (χ1) is 18.0. The van der Waals surface area contributed by atoms with Gasteiger partial charge in [0.15, 0.2) is 11.5 Å². The van der Waals surface area contributed by atoms with E-state index in [0.717, 1.165) is 18.7 Å². The fourth-order valence-electron chi connectivity index (χ4n) is 4.76. The highest BCUT2D eigenvalue weighted by Crippen LogP contribution is 2.31. The lowest BCUT2D eigenvalue weighted by Gasteiger charge is -2.39. The van der Waals surface area contributed by atoms with E-state index in [0.29, 0.717) is 18.8 Å². The van der Waals surface area contributed by atoms with Crippen molar-refractivity contribution in [1.29, 1.82) is 0 Å². The van der Waals surface area contributed by atoms with Gasteiger partial charge < -0.3 is 15.2 Å². The molecule has 188 valence electrons. The molecule has 1 aromatic heterocycles. The van der Waals surface area contributed by atoms with Gasteiger partial charge in [0, 0.05) is 26.2 Å². The van der Waals surface area contributed by atoms with Crippen molar-refractivity contribution >= 4 is 23.7 Å². The molecular weight excluding hydrogens is 460 g/mol. The molecule has 0 spiro atoms. The molecule has 0 bridgehead atoms. The number of hydrogen-bond donors (Lipinski definition) is 1. The van der Waals surface area contributed by atoms with E-state index >= 15 is 0 Å². The summed E-state index contributed by atoms with van der Waals surface area (Å²) < 4.78 is 5.40. The highest BCUT2D eigenvalue weighted by Gasteiger charge is 2.31. The quantitative estimate of drug-likeness (QED) is 0.380. The minimum absolute atomic E-state index is 0.130. The maximum absolute atomic E-state index is 13.3. The van der Waals surface area contributed by atoms with E-state index < -0.39 is 0 Å². The molecule has 0 unspecified atom stereocenters. The molecule has 37 heavy (non-hydrogen) atoms. The molecule has 6 heteroatoms. The Bertz CT molecular complexity index is 1320. The van der Waals surface area contributed by atoms with Crippen molar-refractivity contribution in [2.24, 2.45) is 0 Å². The number of aryl methyl sites for hydroxylation is 2. The Morgan fingerprint density at radius 2 is 1.41 bits per heavy atom. The predicted molar refractivity (Wildman–Crippen MR) is 148 cm³/mol. The molecule has 5 rings (SSSR count). The summed E-state index contributed by atoms with van der Waals surface area (Å²) in [5.41, 5.74) is 12.7. The number of carbonyl (C=O) groups is 1. The number of nitrogens with two attached hydrogens (primary N) is 1. The summed E-state index contributed by atoms with van der Waals surface area (Å²) in [5, 5.41) is 4.01. The highest BCUT2D eigenvalue weighted by molar-refractivity contribution is 5.98. The van der Waals surface area contributed by atoms with Gasteiger partial charge in [-0.05, 0) is 36.6 Å². The van der Waals surface area contributed by atoms with Crippen LogP contribution in [0.5, 0.6) is 0 Å². The summed E-state index contributed by atoms with van der Waals surface area (Å²) in [6.07, 6.45) is 3.64. The van der Waals surface area contributed by atoms with Crippen LogP contribution in [-0.4, -0.2) is 47.0 Å². The first-order valence-corrected chi connectivity index (χ1v) is 12.6. The van der Waals surface area contributed by atoms with E-state index in [1.807, 2.05) is 41.3 Å². The zero-order valence-electron chi connectivity index (χ0n) is 21.3. The summed E-state index contributed by atoms with van der Waals surface area (Å²) >= 11 is 0. The third-order valence-electron chi connectivity index (χ3n) is 6.94. The normalized spacial score (nSPS) is 14.5. The van der Waals surface area contributed by atoms with Gasteiger partial charge in [-0.3, -0.25) is 9.69 Å². The van der Waals surface area contributed by atoms with Crippen molar-refractivity contribution in [3.8, 4) is 0 Å². The van der Waals surface area contributed by atoms with Crippen LogP contribution in [0, 0.1) is 13.8 Å². The first kappa shape index (κ1) is 24.5. The standard InChI is InChI=1S/C31H32N4O2/c1-22-8-13-25(14-9-22)30(26-15-10-23(2)11-16-26)34-18-20-35(21-19-34)31(36)29-28(32)27(37-33-29)17-12-24-6-4-3-5-7-24/h3-17,30H,18-21,32H2,1-2H3/b17-12+. The molecule has 1 amide bonds. The molecule has 1 fully saturated rings. The summed E-state index contributed by atoms with van der Waals surface area (Å²) in [4.78, 5) is 17.5. The van der Waals surface area contributed by atoms with Crippen LogP contribution in [0.1, 0.15) is 50.1 Å². The lowest BCUT2D eigenvalue weighted by molar-refractivity contribution is 0.0588. The van der Waals surface area contributed by atoms with Crippen molar-refractivity contribution in [3.63, 3.8) is 0 Å². The SMILES string of the molecule is Cc1ccc(C(c2ccc(C)cc2)N2CCN(C(=O)c3noc(/C=C/c4ccccc4)c3N)CC2)cc1. The Kier molecular flexibility index (Phi) is 7.19. The number of aromatic nitrogens is 1. The molecule has 2 heterocycles. The smallest absolute Gasteiger partial charge is 0.278 e. The summed E-state index contributed by atoms with van der Waals surface area (Å²) in [6.45, 7) is 6.89. The number of benzene rings is 3. The molecule has 1 aliphatic rings. The average Bonchev–Trinajstić information content (AvgIpc) is 3.30. The van der Waals surface area contributed by atoms with Crippen molar-refractivity contribution in [1.82, 2.24) is 15.0 Å². The van der Waals surface area contributed by atoms with E-state index in [1.165, 1.54) is 22.3 Å². The van der Waals surface area contributed by atoms with Gasteiger partial charge in [-0.1, -0.05) is 101 Å². The van der Waals surface area contributed by atoms with Crippen molar-refractivity contribution in [2.45, 2.75) is 19.9 Å². The van der Waals surface area contributed by atoms with Gasteiger partial charge in [0.25, 0.3) is 5.91 Å². The van der Waals surface area contributed by atoms with Crippen LogP contribution in [0.15, 0.2) is 83.4 Å². The summed E-state index contributed by atoms with van der Waals surface area (Å²) in [6, 6.07) is 27.4. The van der Waals surface area contributed by atoms with Gasteiger partial charge in [-0.15, -0.1) is 0 Å². The molecule has 3 aromatic carbocycles. The van der Waals surface area contributed by atoms with Crippen LogP contribution in [0.25, 0.3) is 12.2 Å². The maximum Gasteiger partial charge on any atom is 0.278 e. The van der Waals surface area contributed by atoms with Crippen molar-refractivity contribution in [2.75, 3.05) is 31.9 Å². The second-order valence-corrected chi connectivity index (χ2v) is 9.61. The number of amides is 1. The van der Waals surface area contributed by atoms with Gasteiger partial charge in [-0.25, -0.2) is 0 Å². The van der Waals surface area contributed by atoms with Crippen LogP contribution >= 0.6 is 0 Å². The highest BCUT2D eigenvalue weighted by atomic mass is 16.5. The molecule has 4 aromatic rings. The second kappa shape index (κ2) is 10.8. The molecule has 0 atom stereocenters. The number of nitrogen functional groups attached to an aromatic ring is 1. The topological polar surface area (TPSA) is 75.6 Å². The molecule has 0 saturated carbocycles. The van der Waals surface area contributed by atoms with Gasteiger partial charge in [-0.2, -0.15) is 0 Å². The maximum atomic E-state index is 13.3. The monoisotopic (exact) mass is 492 g/mol. The van der Waals surface area contributed by atoms with E-state index in [2.05, 4.69) is 72.4 Å². The summed E-state index contributed by atoms with van der Waals surface area (Å²) in [5.74, 6) is 0.201. The molecule has 2 N–H and O–H groups in total. The van der Waals surface area contributed by atoms with E-state index in [9.17, 15) is 4.79 Å². The Labute approximate surface area is 218 Å². The van der Waals surface area contributed by atoms with E-state index in [1.54, 1.807) is 6.08 Å². The molecular formula is C31H32N4O2. The minimum atomic E-state index is -0.192. The van der Waals surface area contributed by atoms with Crippen LogP contribution in [0.2, 0.25) is 0 Å². The number of piperazine rings is 1. The van der Waals surface area contributed by atoms with Gasteiger partial charge >= 0.3 is 0 Å². The minimum Gasteiger partial charge on any atom is -0.394 e. The van der Waals surface area contributed by atoms with Crippen LogP contribution in [-0.2, 0) is 0 Å².